The lowest BCUT2D eigenvalue weighted by Gasteiger charge is -2.20. The van der Waals surface area contributed by atoms with Gasteiger partial charge in [0.15, 0.2) is 0 Å². The Morgan fingerprint density at radius 1 is 1.19 bits per heavy atom. The predicted molar refractivity (Wildman–Crippen MR) is 85.7 cm³/mol. The van der Waals surface area contributed by atoms with Crippen LogP contribution < -0.4 is 15.4 Å². The number of nitrogens with one attached hydrogen (secondary N) is 2. The first-order chi connectivity index (χ1) is 10.4. The quantitative estimate of drug-likeness (QED) is 0.885. The SMILES string of the molecule is CNC1C=C(c2ccc3c(c2)NCCO3)c2ccccc21. The van der Waals surface area contributed by atoms with Gasteiger partial charge in [-0.3, -0.25) is 0 Å². The highest BCUT2D eigenvalue weighted by atomic mass is 16.5. The summed E-state index contributed by atoms with van der Waals surface area (Å²) < 4.78 is 5.66. The number of likely N-dealkylation sites (N-methyl/N-ethyl adjacent to an activating group) is 1. The molecule has 3 nitrogen and oxygen atoms in total. The molecule has 106 valence electrons. The van der Waals surface area contributed by atoms with Gasteiger partial charge in [-0.05, 0) is 41.4 Å². The zero-order valence-electron chi connectivity index (χ0n) is 12.0. The maximum absolute atomic E-state index is 5.66. The summed E-state index contributed by atoms with van der Waals surface area (Å²) >= 11 is 0. The van der Waals surface area contributed by atoms with Crippen LogP contribution in [0.1, 0.15) is 22.7 Å². The van der Waals surface area contributed by atoms with E-state index in [9.17, 15) is 0 Å². The number of hydrogen-bond acceptors (Lipinski definition) is 3. The standard InChI is InChI=1S/C18H18N2O/c1-19-16-11-15(13-4-2-3-5-14(13)16)12-6-7-18-17(10-12)20-8-9-21-18/h2-7,10-11,16,19-20H,8-9H2,1H3. The molecule has 1 unspecified atom stereocenters. The zero-order chi connectivity index (χ0) is 14.2. The summed E-state index contributed by atoms with van der Waals surface area (Å²) in [6.45, 7) is 1.60. The molecule has 2 aliphatic rings. The molecule has 0 saturated heterocycles. The van der Waals surface area contributed by atoms with Gasteiger partial charge in [-0.2, -0.15) is 0 Å². The molecule has 0 bridgehead atoms. The minimum absolute atomic E-state index is 0.288. The third-order valence-corrected chi connectivity index (χ3v) is 4.20. The third kappa shape index (κ3) is 2.01. The summed E-state index contributed by atoms with van der Waals surface area (Å²) in [6.07, 6.45) is 2.30. The van der Waals surface area contributed by atoms with Crippen molar-refractivity contribution in [1.82, 2.24) is 5.32 Å². The lowest BCUT2D eigenvalue weighted by atomic mass is 9.98. The summed E-state index contributed by atoms with van der Waals surface area (Å²) in [5.41, 5.74) is 6.27. The number of rotatable bonds is 2. The molecule has 3 heteroatoms. The van der Waals surface area contributed by atoms with E-state index in [1.807, 2.05) is 7.05 Å². The Morgan fingerprint density at radius 2 is 2.10 bits per heavy atom. The molecule has 0 amide bonds. The fourth-order valence-electron chi connectivity index (χ4n) is 3.16. The van der Waals surface area contributed by atoms with Gasteiger partial charge in [-0.15, -0.1) is 0 Å². The van der Waals surface area contributed by atoms with Crippen molar-refractivity contribution in [3.63, 3.8) is 0 Å². The summed E-state index contributed by atoms with van der Waals surface area (Å²) in [7, 11) is 2.00. The molecule has 0 aromatic heterocycles. The lowest BCUT2D eigenvalue weighted by molar-refractivity contribution is 0.323. The minimum atomic E-state index is 0.288. The van der Waals surface area contributed by atoms with Gasteiger partial charge in [0.25, 0.3) is 0 Å². The normalized spacial score (nSPS) is 19.1. The van der Waals surface area contributed by atoms with Crippen molar-refractivity contribution in [1.29, 1.82) is 0 Å². The van der Waals surface area contributed by atoms with E-state index in [0.717, 1.165) is 24.6 Å². The van der Waals surface area contributed by atoms with E-state index in [-0.39, 0.29) is 6.04 Å². The fraction of sp³-hybridized carbons (Fsp3) is 0.222. The van der Waals surface area contributed by atoms with Gasteiger partial charge in [0, 0.05) is 6.54 Å². The Morgan fingerprint density at radius 3 is 3.00 bits per heavy atom. The van der Waals surface area contributed by atoms with E-state index >= 15 is 0 Å². The number of fused-ring (bicyclic) bond motifs is 2. The van der Waals surface area contributed by atoms with E-state index in [4.69, 9.17) is 4.74 Å². The van der Waals surface area contributed by atoms with E-state index in [1.165, 1.54) is 22.3 Å². The van der Waals surface area contributed by atoms with Crippen LogP contribution in [0.15, 0.2) is 48.5 Å². The maximum Gasteiger partial charge on any atom is 0.142 e. The number of benzene rings is 2. The van der Waals surface area contributed by atoms with Crippen LogP contribution in [0.2, 0.25) is 0 Å². The van der Waals surface area contributed by atoms with Crippen LogP contribution in [-0.2, 0) is 0 Å². The molecule has 1 aliphatic heterocycles. The topological polar surface area (TPSA) is 33.3 Å². The van der Waals surface area contributed by atoms with E-state index in [2.05, 4.69) is 59.2 Å². The largest absolute Gasteiger partial charge is 0.490 e. The van der Waals surface area contributed by atoms with Crippen molar-refractivity contribution in [2.24, 2.45) is 0 Å². The molecule has 0 radical (unpaired) electrons. The first-order valence-electron chi connectivity index (χ1n) is 7.36. The average Bonchev–Trinajstić information content (AvgIpc) is 2.93. The van der Waals surface area contributed by atoms with Crippen LogP contribution in [-0.4, -0.2) is 20.2 Å². The van der Waals surface area contributed by atoms with Crippen molar-refractivity contribution >= 4 is 11.3 Å². The monoisotopic (exact) mass is 278 g/mol. The van der Waals surface area contributed by atoms with Gasteiger partial charge in [0.05, 0.1) is 11.7 Å². The first-order valence-corrected chi connectivity index (χ1v) is 7.36. The molecule has 4 rings (SSSR count). The first kappa shape index (κ1) is 12.5. The number of anilines is 1. The van der Waals surface area contributed by atoms with Gasteiger partial charge in [0.1, 0.15) is 12.4 Å². The molecule has 1 atom stereocenters. The van der Waals surface area contributed by atoms with E-state index in [1.54, 1.807) is 0 Å². The van der Waals surface area contributed by atoms with Crippen molar-refractivity contribution in [3.05, 3.63) is 65.2 Å². The maximum atomic E-state index is 5.66. The predicted octanol–water partition coefficient (Wildman–Crippen LogP) is 3.20. The van der Waals surface area contributed by atoms with Crippen LogP contribution in [0.4, 0.5) is 5.69 Å². The molecule has 1 heterocycles. The highest BCUT2D eigenvalue weighted by molar-refractivity contribution is 5.87. The van der Waals surface area contributed by atoms with Crippen molar-refractivity contribution < 1.29 is 4.74 Å². The second kappa shape index (κ2) is 4.93. The Balaban J connectivity index is 1.80. The summed E-state index contributed by atoms with van der Waals surface area (Å²) in [5, 5.41) is 6.77. The van der Waals surface area contributed by atoms with Crippen LogP contribution in [0.25, 0.3) is 5.57 Å². The Hall–Kier alpha value is -2.26. The van der Waals surface area contributed by atoms with Crippen molar-refractivity contribution in [2.75, 3.05) is 25.5 Å². The van der Waals surface area contributed by atoms with Crippen LogP contribution in [0, 0.1) is 0 Å². The molecule has 1 aliphatic carbocycles. The molecule has 0 saturated carbocycles. The van der Waals surface area contributed by atoms with Crippen LogP contribution >= 0.6 is 0 Å². The second-order valence-corrected chi connectivity index (χ2v) is 5.42. The third-order valence-electron chi connectivity index (χ3n) is 4.20. The Kier molecular flexibility index (Phi) is 2.93. The van der Waals surface area contributed by atoms with Gasteiger partial charge in [-0.1, -0.05) is 36.4 Å². The summed E-state index contributed by atoms with van der Waals surface area (Å²) in [4.78, 5) is 0. The average molecular weight is 278 g/mol. The fourth-order valence-corrected chi connectivity index (χ4v) is 3.16. The molecular formula is C18H18N2O. The Labute approximate surface area is 124 Å². The smallest absolute Gasteiger partial charge is 0.142 e. The second-order valence-electron chi connectivity index (χ2n) is 5.42. The zero-order valence-corrected chi connectivity index (χ0v) is 12.0. The number of ether oxygens (including phenoxy) is 1. The molecule has 2 aromatic carbocycles. The minimum Gasteiger partial charge on any atom is -0.490 e. The van der Waals surface area contributed by atoms with Crippen LogP contribution in [0.5, 0.6) is 5.75 Å². The molecule has 21 heavy (non-hydrogen) atoms. The summed E-state index contributed by atoms with van der Waals surface area (Å²) in [6, 6.07) is 15.3. The van der Waals surface area contributed by atoms with Gasteiger partial charge >= 0.3 is 0 Å². The molecule has 0 fully saturated rings. The highest BCUT2D eigenvalue weighted by Crippen LogP contribution is 2.40. The summed E-state index contributed by atoms with van der Waals surface area (Å²) in [5.74, 6) is 0.946. The lowest BCUT2D eigenvalue weighted by Crippen LogP contribution is -2.17. The Bertz CT molecular complexity index is 721. The molecule has 2 N–H and O–H groups in total. The van der Waals surface area contributed by atoms with Gasteiger partial charge < -0.3 is 15.4 Å². The molecule has 0 spiro atoms. The molecule has 2 aromatic rings. The number of hydrogen-bond donors (Lipinski definition) is 2. The van der Waals surface area contributed by atoms with Gasteiger partial charge in [0.2, 0.25) is 0 Å². The van der Waals surface area contributed by atoms with Crippen LogP contribution in [0.3, 0.4) is 0 Å². The van der Waals surface area contributed by atoms with Gasteiger partial charge in [-0.25, -0.2) is 0 Å². The van der Waals surface area contributed by atoms with E-state index in [0.29, 0.717) is 0 Å². The molecular weight excluding hydrogens is 260 g/mol. The van der Waals surface area contributed by atoms with Crippen molar-refractivity contribution in [3.8, 4) is 5.75 Å². The van der Waals surface area contributed by atoms with Crippen molar-refractivity contribution in [2.45, 2.75) is 6.04 Å². The highest BCUT2D eigenvalue weighted by Gasteiger charge is 2.23. The van der Waals surface area contributed by atoms with E-state index < -0.39 is 0 Å².